The van der Waals surface area contributed by atoms with Gasteiger partial charge in [-0.1, -0.05) is 0 Å². The molecule has 0 spiro atoms. The molecule has 21 heavy (non-hydrogen) atoms. The Labute approximate surface area is 111 Å². The highest BCUT2D eigenvalue weighted by atomic mass is 19.3. The van der Waals surface area contributed by atoms with Crippen molar-refractivity contribution in [3.05, 3.63) is 0 Å². The SMILES string of the molecule is OC(O)(F)C(F)C(F)C(F)C(F)C(F)C(F)C(F)C(F)F. The number of halogens is 10. The predicted molar refractivity (Wildman–Crippen MR) is 48.6 cm³/mol. The average molecular weight is 340 g/mol. The molecular formula is C9H10F10O2. The van der Waals surface area contributed by atoms with E-state index in [2.05, 4.69) is 0 Å². The minimum absolute atomic E-state index is 3.86. The topological polar surface area (TPSA) is 40.5 Å². The van der Waals surface area contributed by atoms with Gasteiger partial charge >= 0.3 is 6.04 Å². The summed E-state index contributed by atoms with van der Waals surface area (Å²) < 4.78 is 125. The summed E-state index contributed by atoms with van der Waals surface area (Å²) in [7, 11) is 0. The molecule has 0 heterocycles. The highest BCUT2D eigenvalue weighted by Gasteiger charge is 2.52. The van der Waals surface area contributed by atoms with Crippen LogP contribution in [0.4, 0.5) is 43.9 Å². The third-order valence-electron chi connectivity index (χ3n) is 2.39. The van der Waals surface area contributed by atoms with Crippen LogP contribution in [0.15, 0.2) is 0 Å². The van der Waals surface area contributed by atoms with Gasteiger partial charge in [-0.25, -0.2) is 39.5 Å². The Morgan fingerprint density at radius 1 is 0.524 bits per heavy atom. The number of rotatable bonds is 8. The van der Waals surface area contributed by atoms with Crippen molar-refractivity contribution >= 4 is 0 Å². The van der Waals surface area contributed by atoms with Crippen LogP contribution < -0.4 is 0 Å². The lowest BCUT2D eigenvalue weighted by Crippen LogP contribution is -2.50. The third kappa shape index (κ3) is 5.16. The standard InChI is InChI=1S/C9H10F10O2/c10-1(2(11)4(13)6(15)8(17)18)3(12)5(14)7(16)9(19,20)21/h1-8,20-21H. The van der Waals surface area contributed by atoms with Gasteiger partial charge in [0.25, 0.3) is 6.43 Å². The summed E-state index contributed by atoms with van der Waals surface area (Å²) >= 11 is 0. The second-order valence-corrected chi connectivity index (χ2v) is 4.04. The Hall–Kier alpha value is -0.780. The molecule has 0 rings (SSSR count). The van der Waals surface area contributed by atoms with Gasteiger partial charge in [-0.05, 0) is 0 Å². The fraction of sp³-hybridized carbons (Fsp3) is 1.00. The van der Waals surface area contributed by atoms with Crippen LogP contribution >= 0.6 is 0 Å². The van der Waals surface area contributed by atoms with Crippen LogP contribution in [0.5, 0.6) is 0 Å². The van der Waals surface area contributed by atoms with Crippen LogP contribution in [0.1, 0.15) is 0 Å². The van der Waals surface area contributed by atoms with Crippen LogP contribution in [-0.2, 0) is 0 Å². The maximum absolute atomic E-state index is 13.0. The van der Waals surface area contributed by atoms with E-state index in [-0.39, 0.29) is 0 Å². The maximum atomic E-state index is 13.0. The second kappa shape index (κ2) is 7.47. The van der Waals surface area contributed by atoms with Gasteiger partial charge in [0.15, 0.2) is 37.0 Å². The molecule has 0 saturated heterocycles. The van der Waals surface area contributed by atoms with E-state index in [4.69, 9.17) is 10.2 Å². The lowest BCUT2D eigenvalue weighted by Gasteiger charge is -2.27. The van der Waals surface area contributed by atoms with E-state index < -0.39 is 55.7 Å². The number of alkyl halides is 10. The molecule has 0 bridgehead atoms. The molecule has 0 fully saturated rings. The molecule has 7 unspecified atom stereocenters. The van der Waals surface area contributed by atoms with Gasteiger partial charge in [0.1, 0.15) is 0 Å². The van der Waals surface area contributed by atoms with E-state index in [0.29, 0.717) is 0 Å². The Balaban J connectivity index is 4.87. The summed E-state index contributed by atoms with van der Waals surface area (Å²) in [6, 6.07) is -4.95. The molecule has 0 aromatic rings. The minimum Gasteiger partial charge on any atom is -0.338 e. The van der Waals surface area contributed by atoms with Crippen molar-refractivity contribution in [1.82, 2.24) is 0 Å². The molecule has 0 aromatic heterocycles. The van der Waals surface area contributed by atoms with E-state index in [0.717, 1.165) is 0 Å². The first-order chi connectivity index (χ1) is 9.32. The largest absolute Gasteiger partial charge is 0.350 e. The van der Waals surface area contributed by atoms with E-state index in [1.54, 1.807) is 0 Å². The minimum atomic E-state index is -4.95. The Bertz CT molecular complexity index is 311. The number of hydrogen-bond donors (Lipinski definition) is 2. The fourth-order valence-electron chi connectivity index (χ4n) is 1.21. The molecule has 0 radical (unpaired) electrons. The molecule has 0 amide bonds. The lowest BCUT2D eigenvalue weighted by atomic mass is 9.99. The fourth-order valence-corrected chi connectivity index (χ4v) is 1.21. The highest BCUT2D eigenvalue weighted by Crippen LogP contribution is 2.30. The lowest BCUT2D eigenvalue weighted by molar-refractivity contribution is -0.306. The molecule has 0 aliphatic heterocycles. The molecule has 0 saturated carbocycles. The summed E-state index contributed by atoms with van der Waals surface area (Å²) in [5.74, 6) is 0. The zero-order valence-corrected chi connectivity index (χ0v) is 9.79. The molecule has 7 atom stereocenters. The zero-order chi connectivity index (χ0) is 17.1. The maximum Gasteiger partial charge on any atom is 0.350 e. The Morgan fingerprint density at radius 2 is 0.810 bits per heavy atom. The van der Waals surface area contributed by atoms with Crippen molar-refractivity contribution < 1.29 is 54.1 Å². The van der Waals surface area contributed by atoms with Gasteiger partial charge in [0.05, 0.1) is 0 Å². The molecule has 0 aromatic carbocycles. The van der Waals surface area contributed by atoms with Gasteiger partial charge in [-0.15, -0.1) is 0 Å². The van der Waals surface area contributed by atoms with Gasteiger partial charge in [0, 0.05) is 0 Å². The first-order valence-corrected chi connectivity index (χ1v) is 5.22. The highest BCUT2D eigenvalue weighted by molar-refractivity contribution is 4.93. The summed E-state index contributed by atoms with van der Waals surface area (Å²) in [6.45, 7) is 0. The normalized spacial score (nSPS) is 23.3. The van der Waals surface area contributed by atoms with Gasteiger partial charge in [-0.3, -0.25) is 0 Å². The molecule has 12 heteroatoms. The second-order valence-electron chi connectivity index (χ2n) is 4.04. The molecule has 2 nitrogen and oxygen atoms in total. The van der Waals surface area contributed by atoms with Crippen LogP contribution in [0.2, 0.25) is 0 Å². The number of aliphatic hydroxyl groups is 2. The van der Waals surface area contributed by atoms with Crippen LogP contribution in [0.25, 0.3) is 0 Å². The predicted octanol–water partition coefficient (Wildman–Crippen LogP) is 2.23. The van der Waals surface area contributed by atoms with E-state index in [1.807, 2.05) is 0 Å². The quantitative estimate of drug-likeness (QED) is 0.526. The summed E-state index contributed by atoms with van der Waals surface area (Å²) in [5.41, 5.74) is 0. The average Bonchev–Trinajstić information content (AvgIpc) is 2.40. The summed E-state index contributed by atoms with van der Waals surface area (Å²) in [4.78, 5) is 0. The van der Waals surface area contributed by atoms with Crippen LogP contribution in [-0.4, -0.2) is 65.9 Å². The molecular weight excluding hydrogens is 330 g/mol. The van der Waals surface area contributed by atoms with E-state index in [9.17, 15) is 43.9 Å². The number of hydrogen-bond acceptors (Lipinski definition) is 2. The van der Waals surface area contributed by atoms with Crippen molar-refractivity contribution in [3.8, 4) is 0 Å². The molecule has 2 N–H and O–H groups in total. The van der Waals surface area contributed by atoms with Crippen molar-refractivity contribution in [1.29, 1.82) is 0 Å². The summed E-state index contributed by atoms with van der Waals surface area (Å²) in [5, 5.41) is 15.9. The van der Waals surface area contributed by atoms with Crippen LogP contribution in [0, 0.1) is 0 Å². The zero-order valence-electron chi connectivity index (χ0n) is 9.79. The smallest absolute Gasteiger partial charge is 0.338 e. The Kier molecular flexibility index (Phi) is 7.20. The molecule has 0 aliphatic rings. The van der Waals surface area contributed by atoms with E-state index in [1.165, 1.54) is 0 Å². The first kappa shape index (κ1) is 20.2. The van der Waals surface area contributed by atoms with Gasteiger partial charge in [0.2, 0.25) is 6.17 Å². The first-order valence-electron chi connectivity index (χ1n) is 5.22. The van der Waals surface area contributed by atoms with Crippen molar-refractivity contribution in [2.75, 3.05) is 0 Å². The van der Waals surface area contributed by atoms with Crippen LogP contribution in [0.3, 0.4) is 0 Å². The van der Waals surface area contributed by atoms with Crippen molar-refractivity contribution in [3.63, 3.8) is 0 Å². The van der Waals surface area contributed by atoms with Gasteiger partial charge < -0.3 is 10.2 Å². The molecule has 0 aliphatic carbocycles. The summed E-state index contributed by atoms with van der Waals surface area (Å²) in [6.07, 6.45) is -31.9. The van der Waals surface area contributed by atoms with Crippen molar-refractivity contribution in [2.45, 2.75) is 55.7 Å². The molecule has 128 valence electrons. The monoisotopic (exact) mass is 340 g/mol. The third-order valence-corrected chi connectivity index (χ3v) is 2.39. The van der Waals surface area contributed by atoms with Crippen molar-refractivity contribution in [2.24, 2.45) is 0 Å². The van der Waals surface area contributed by atoms with E-state index >= 15 is 0 Å². The Morgan fingerprint density at radius 3 is 1.10 bits per heavy atom. The van der Waals surface area contributed by atoms with Gasteiger partial charge in [-0.2, -0.15) is 4.39 Å².